The Kier molecular flexibility index (Phi) is 7.77. The molecule has 2 fully saturated rings. The number of H-pyrrole nitrogens is 1. The summed E-state index contributed by atoms with van der Waals surface area (Å²) in [7, 11) is -3.65. The molecule has 2 saturated heterocycles. The molecule has 0 radical (unpaired) electrons. The van der Waals surface area contributed by atoms with Gasteiger partial charge in [-0.05, 0) is 0 Å². The van der Waals surface area contributed by atoms with Crippen LogP contribution in [0.5, 0.6) is 5.75 Å². The molecule has 0 saturated carbocycles. The minimum absolute atomic E-state index is 0.0798. The first-order valence-corrected chi connectivity index (χ1v) is 13.5. The van der Waals surface area contributed by atoms with E-state index in [1.54, 1.807) is 4.72 Å². The van der Waals surface area contributed by atoms with E-state index < -0.39 is 70.3 Å². The van der Waals surface area contributed by atoms with Crippen LogP contribution in [-0.4, -0.2) is 106 Å². The summed E-state index contributed by atoms with van der Waals surface area (Å²) in [5, 5.41) is 17.3. The van der Waals surface area contributed by atoms with Crippen LogP contribution in [0, 0.1) is 0 Å². The van der Waals surface area contributed by atoms with Crippen molar-refractivity contribution in [2.45, 2.75) is 6.04 Å². The van der Waals surface area contributed by atoms with Gasteiger partial charge in [0.05, 0.1) is 19.6 Å². The summed E-state index contributed by atoms with van der Waals surface area (Å²) < 4.78 is 27.2. The van der Waals surface area contributed by atoms with E-state index in [-0.39, 0.29) is 33.1 Å². The number of β-lactam (4-membered cyclic amide) rings is 1. The van der Waals surface area contributed by atoms with Gasteiger partial charge >= 0.3 is 22.3 Å². The number of carbonyl (C=O) groups is 5. The molecular formula is C19H20N10O10S2. The number of hydrogen-bond acceptors (Lipinski definition) is 14. The van der Waals surface area contributed by atoms with Crippen molar-refractivity contribution in [2.75, 3.05) is 32.5 Å². The van der Waals surface area contributed by atoms with Crippen LogP contribution in [0.2, 0.25) is 0 Å². The Labute approximate surface area is 232 Å². The highest BCUT2D eigenvalue weighted by Gasteiger charge is 2.45. The van der Waals surface area contributed by atoms with Crippen LogP contribution in [0.4, 0.5) is 14.7 Å². The van der Waals surface area contributed by atoms with Gasteiger partial charge in [0.2, 0.25) is 5.43 Å². The molecule has 4 rings (SSSR count). The number of nitrogen functional groups attached to an aromatic ring is 1. The minimum atomic E-state index is -4.83. The van der Waals surface area contributed by atoms with Crippen molar-refractivity contribution in [3.05, 3.63) is 39.3 Å². The van der Waals surface area contributed by atoms with Crippen LogP contribution < -0.4 is 26.6 Å². The lowest BCUT2D eigenvalue weighted by atomic mass is 10.1. The number of oxime groups is 1. The summed E-state index contributed by atoms with van der Waals surface area (Å²) in [4.78, 5) is 85.2. The number of urea groups is 2. The lowest BCUT2D eigenvalue weighted by molar-refractivity contribution is -0.141. The van der Waals surface area contributed by atoms with Gasteiger partial charge in [-0.1, -0.05) is 5.16 Å². The molecule has 0 bridgehead atoms. The summed E-state index contributed by atoms with van der Waals surface area (Å²) in [5.41, 5.74) is 6.23. The standard InChI is InChI=1S/C19H20N10O10S2/c1-39-25-13(10-7-40-17(20)23-10)15(33)22-9-6-27(16(9)34)18(35)26-41(37,38)29-3-2-28(19(29)36)24-14(32)8-4-11(30)12(31)5-21-8/h4-5,7,9,31H,2-3,6H2,1H3,(H2,20,23)(H,21,30)(H,22,33)(H,24,32)(H,26,35)/t9-/m0/s1. The van der Waals surface area contributed by atoms with E-state index in [2.05, 4.69) is 30.7 Å². The highest BCUT2D eigenvalue weighted by Crippen LogP contribution is 2.16. The number of nitrogens with one attached hydrogen (secondary N) is 4. The van der Waals surface area contributed by atoms with Gasteiger partial charge < -0.3 is 26.0 Å². The molecule has 7 N–H and O–H groups in total. The lowest BCUT2D eigenvalue weighted by Crippen LogP contribution is -2.68. The van der Waals surface area contributed by atoms with Crippen molar-refractivity contribution in [3.8, 4) is 5.75 Å². The Balaban J connectivity index is 1.32. The number of anilines is 1. The monoisotopic (exact) mass is 612 g/mol. The van der Waals surface area contributed by atoms with Gasteiger partial charge in [-0.3, -0.25) is 29.5 Å². The fourth-order valence-corrected chi connectivity index (χ4v) is 5.09. The van der Waals surface area contributed by atoms with Gasteiger partial charge in [0.15, 0.2) is 16.6 Å². The number of aromatic amines is 1. The molecule has 218 valence electrons. The smallest absolute Gasteiger partial charge is 0.353 e. The molecular weight excluding hydrogens is 592 g/mol. The average molecular weight is 613 g/mol. The van der Waals surface area contributed by atoms with Crippen molar-refractivity contribution in [2.24, 2.45) is 5.16 Å². The Hall–Kier alpha value is -5.25. The number of hydrazine groups is 1. The Bertz CT molecular complexity index is 1630. The number of hydrogen-bond donors (Lipinski definition) is 6. The SMILES string of the molecule is CON=C(C(=O)N[C@H]1CN(C(=O)NS(=O)(=O)N2CCN(NC(=O)c3cc(=O)c(O)c[nH]3)C2=O)C1=O)c1csc(N)n1. The normalized spacial score (nSPS) is 17.2. The summed E-state index contributed by atoms with van der Waals surface area (Å²) in [6, 6.07) is -3.08. The van der Waals surface area contributed by atoms with E-state index in [4.69, 9.17) is 5.73 Å². The van der Waals surface area contributed by atoms with Crippen LogP contribution in [0.15, 0.2) is 27.6 Å². The summed E-state index contributed by atoms with van der Waals surface area (Å²) in [6.07, 6.45) is 0.853. The molecule has 2 aromatic heterocycles. The summed E-state index contributed by atoms with van der Waals surface area (Å²) in [6.45, 7) is -1.22. The van der Waals surface area contributed by atoms with E-state index in [1.165, 1.54) is 12.5 Å². The predicted molar refractivity (Wildman–Crippen MR) is 136 cm³/mol. The molecule has 1 atom stereocenters. The number of likely N-dealkylation sites (tertiary alicyclic amines) is 1. The second-order valence-corrected chi connectivity index (χ2v) is 10.6. The topological polar surface area (TPSA) is 279 Å². The molecule has 20 nitrogen and oxygen atoms in total. The fourth-order valence-electron chi connectivity index (χ4n) is 3.48. The quantitative estimate of drug-likeness (QED) is 0.0978. The molecule has 4 heterocycles. The largest absolute Gasteiger partial charge is 0.503 e. The maximum Gasteiger partial charge on any atom is 0.353 e. The highest BCUT2D eigenvalue weighted by molar-refractivity contribution is 7.88. The molecule has 22 heteroatoms. The number of aromatic nitrogens is 2. The molecule has 41 heavy (non-hydrogen) atoms. The second-order valence-electron chi connectivity index (χ2n) is 8.12. The maximum atomic E-state index is 12.7. The molecule has 7 amide bonds. The minimum Gasteiger partial charge on any atom is -0.503 e. The molecule has 2 aromatic rings. The van der Waals surface area contributed by atoms with Gasteiger partial charge in [0.25, 0.3) is 17.7 Å². The van der Waals surface area contributed by atoms with Crippen molar-refractivity contribution >= 4 is 62.2 Å². The molecule has 0 spiro atoms. The van der Waals surface area contributed by atoms with Crippen molar-refractivity contribution in [3.63, 3.8) is 0 Å². The van der Waals surface area contributed by atoms with Crippen LogP contribution in [0.3, 0.4) is 0 Å². The third-order valence-corrected chi connectivity index (χ3v) is 7.52. The van der Waals surface area contributed by atoms with Crippen molar-refractivity contribution in [1.82, 2.24) is 39.6 Å². The van der Waals surface area contributed by atoms with Crippen molar-refractivity contribution in [1.29, 1.82) is 0 Å². The fraction of sp³-hybridized carbons (Fsp3) is 0.263. The van der Waals surface area contributed by atoms with E-state index in [9.17, 15) is 42.3 Å². The Morgan fingerprint density at radius 3 is 2.61 bits per heavy atom. The molecule has 2 aliphatic rings. The van der Waals surface area contributed by atoms with Crippen LogP contribution in [-0.2, 0) is 24.6 Å². The summed E-state index contributed by atoms with van der Waals surface area (Å²) >= 11 is 1.03. The van der Waals surface area contributed by atoms with E-state index in [0.717, 1.165) is 23.6 Å². The van der Waals surface area contributed by atoms with Gasteiger partial charge in [-0.2, -0.15) is 8.42 Å². The first-order valence-electron chi connectivity index (χ1n) is 11.2. The zero-order chi connectivity index (χ0) is 30.1. The Morgan fingerprint density at radius 1 is 1.27 bits per heavy atom. The van der Waals surface area contributed by atoms with E-state index >= 15 is 0 Å². The van der Waals surface area contributed by atoms with Crippen LogP contribution in [0.25, 0.3) is 0 Å². The zero-order valence-corrected chi connectivity index (χ0v) is 22.3. The summed E-state index contributed by atoms with van der Waals surface area (Å²) in [5.74, 6) is -3.46. The van der Waals surface area contributed by atoms with Gasteiger partial charge in [0, 0.05) is 17.6 Å². The number of imide groups is 1. The Morgan fingerprint density at radius 2 is 2.00 bits per heavy atom. The van der Waals surface area contributed by atoms with Crippen LogP contribution in [0.1, 0.15) is 16.2 Å². The van der Waals surface area contributed by atoms with E-state index in [1.807, 2.05) is 0 Å². The maximum absolute atomic E-state index is 12.7. The van der Waals surface area contributed by atoms with Crippen molar-refractivity contribution < 1.29 is 42.3 Å². The number of nitrogens with zero attached hydrogens (tertiary/aromatic N) is 5. The molecule has 2 aliphatic heterocycles. The number of aromatic hydroxyl groups is 1. The first-order chi connectivity index (χ1) is 19.3. The van der Waals surface area contributed by atoms with Crippen LogP contribution >= 0.6 is 11.3 Å². The predicted octanol–water partition coefficient (Wildman–Crippen LogP) is -3.17. The number of carbonyl (C=O) groups excluding carboxylic acids is 5. The van der Waals surface area contributed by atoms with Gasteiger partial charge in [-0.25, -0.2) is 28.6 Å². The third kappa shape index (κ3) is 5.86. The zero-order valence-electron chi connectivity index (χ0n) is 20.7. The molecule has 0 aromatic carbocycles. The first kappa shape index (κ1) is 28.8. The number of rotatable bonds is 8. The highest BCUT2D eigenvalue weighted by atomic mass is 32.2. The lowest BCUT2D eigenvalue weighted by Gasteiger charge is -2.36. The third-order valence-electron chi connectivity index (χ3n) is 5.49. The number of amides is 7. The number of pyridine rings is 1. The van der Waals surface area contributed by atoms with Gasteiger partial charge in [0.1, 0.15) is 24.5 Å². The average Bonchev–Trinajstić information content (AvgIpc) is 3.51. The van der Waals surface area contributed by atoms with E-state index in [0.29, 0.717) is 9.91 Å². The second kappa shape index (κ2) is 11.1. The van der Waals surface area contributed by atoms with Gasteiger partial charge in [-0.15, -0.1) is 11.3 Å². The molecule has 0 aliphatic carbocycles. The molecule has 0 unspecified atom stereocenters. The number of thiazole rings is 1. The number of nitrogens with two attached hydrogens (primary N) is 1.